The lowest BCUT2D eigenvalue weighted by Crippen LogP contribution is -2.17. The molecule has 0 saturated heterocycles. The van der Waals surface area contributed by atoms with E-state index in [9.17, 15) is 20.2 Å². The van der Waals surface area contributed by atoms with E-state index in [1.54, 1.807) is 24.3 Å². The number of nitro benzene ring substituents is 2. The Morgan fingerprint density at radius 2 is 0.712 bits per heavy atom. The van der Waals surface area contributed by atoms with Crippen LogP contribution in [0.25, 0.3) is 54.6 Å². The fourth-order valence-corrected chi connectivity index (χ4v) is 11.4. The first-order valence-electron chi connectivity index (χ1n) is 22.2. The molecule has 0 N–H and O–H groups in total. The number of benzene rings is 10. The Morgan fingerprint density at radius 3 is 1.14 bits per heavy atom. The van der Waals surface area contributed by atoms with Crippen molar-refractivity contribution in [2.24, 2.45) is 0 Å². The maximum atomic E-state index is 13.0. The average molecular weight is 859 g/mol. The van der Waals surface area contributed by atoms with Crippen LogP contribution in [0.4, 0.5) is 45.5 Å². The van der Waals surface area contributed by atoms with Gasteiger partial charge in [-0.25, -0.2) is 0 Å². The molecule has 0 fully saturated rings. The Kier molecular flexibility index (Phi) is 8.37. The highest BCUT2D eigenvalue weighted by Gasteiger charge is 2.40. The van der Waals surface area contributed by atoms with E-state index in [1.165, 1.54) is 11.1 Å². The highest BCUT2D eigenvalue weighted by atomic mass is 16.6. The predicted octanol–water partition coefficient (Wildman–Crippen LogP) is 16.0. The van der Waals surface area contributed by atoms with E-state index < -0.39 is 0 Å². The van der Waals surface area contributed by atoms with Gasteiger partial charge in [0.25, 0.3) is 11.4 Å². The van der Waals surface area contributed by atoms with Crippen molar-refractivity contribution in [2.45, 2.75) is 38.5 Å². The molecule has 8 heteroatoms. The van der Waals surface area contributed by atoms with Gasteiger partial charge in [0.05, 0.1) is 32.6 Å². The number of anilines is 6. The van der Waals surface area contributed by atoms with Crippen LogP contribution < -0.4 is 9.80 Å². The van der Waals surface area contributed by atoms with Gasteiger partial charge in [-0.15, -0.1) is 0 Å². The third-order valence-electron chi connectivity index (χ3n) is 14.4. The zero-order valence-corrected chi connectivity index (χ0v) is 36.7. The van der Waals surface area contributed by atoms with Gasteiger partial charge in [0.1, 0.15) is 11.4 Å². The molecule has 0 amide bonds. The summed E-state index contributed by atoms with van der Waals surface area (Å²) < 4.78 is 0. The van der Waals surface area contributed by atoms with Crippen LogP contribution in [0.5, 0.6) is 0 Å². The average Bonchev–Trinajstić information content (AvgIpc) is 3.72. The van der Waals surface area contributed by atoms with Crippen molar-refractivity contribution < 1.29 is 9.85 Å². The third-order valence-corrected chi connectivity index (χ3v) is 14.4. The monoisotopic (exact) mass is 858 g/mol. The van der Waals surface area contributed by atoms with Gasteiger partial charge >= 0.3 is 0 Å². The van der Waals surface area contributed by atoms with Gasteiger partial charge in [0, 0.05) is 44.9 Å². The molecule has 0 spiro atoms. The second kappa shape index (κ2) is 14.1. The van der Waals surface area contributed by atoms with Crippen molar-refractivity contribution >= 4 is 77.8 Å². The summed E-state index contributed by atoms with van der Waals surface area (Å²) in [4.78, 5) is 29.5. The lowest BCUT2D eigenvalue weighted by molar-refractivity contribution is -0.384. The number of para-hydroxylation sites is 4. The Labute approximate surface area is 381 Å². The van der Waals surface area contributed by atoms with E-state index in [0.29, 0.717) is 11.4 Å². The molecule has 66 heavy (non-hydrogen) atoms. The molecule has 0 radical (unpaired) electrons. The molecule has 0 aliphatic heterocycles. The lowest BCUT2D eigenvalue weighted by atomic mass is 9.82. The largest absolute Gasteiger partial charge is 0.303 e. The number of rotatable bonds is 8. The first-order chi connectivity index (χ1) is 32.0. The summed E-state index contributed by atoms with van der Waals surface area (Å²) in [6.45, 7) is 8.95. The highest BCUT2D eigenvalue weighted by Crippen LogP contribution is 2.58. The topological polar surface area (TPSA) is 92.8 Å². The summed E-state index contributed by atoms with van der Waals surface area (Å²) in [7, 11) is 0. The van der Waals surface area contributed by atoms with Crippen molar-refractivity contribution in [1.82, 2.24) is 0 Å². The first kappa shape index (κ1) is 39.2. The minimum atomic E-state index is -0.303. The normalized spacial score (nSPS) is 13.9. The van der Waals surface area contributed by atoms with Crippen molar-refractivity contribution in [1.29, 1.82) is 0 Å². The first-order valence-corrected chi connectivity index (χ1v) is 22.2. The number of nitro groups is 2. The summed E-state index contributed by atoms with van der Waals surface area (Å²) in [5.74, 6) is 0. The molecule has 0 bridgehead atoms. The van der Waals surface area contributed by atoms with Crippen LogP contribution in [0.1, 0.15) is 49.9 Å². The van der Waals surface area contributed by atoms with Crippen LogP contribution in [0, 0.1) is 20.2 Å². The second-order valence-corrected chi connectivity index (χ2v) is 18.5. The molecule has 0 unspecified atom stereocenters. The smallest absolute Gasteiger partial charge is 0.293 e. The molecule has 12 rings (SSSR count). The summed E-state index contributed by atoms with van der Waals surface area (Å²) in [6, 6.07) is 60.4. The zero-order chi connectivity index (χ0) is 45.2. The second-order valence-electron chi connectivity index (χ2n) is 18.5. The van der Waals surface area contributed by atoms with Gasteiger partial charge in [-0.05, 0) is 91.3 Å². The van der Waals surface area contributed by atoms with E-state index >= 15 is 0 Å². The molecular weight excluding hydrogens is 817 g/mol. The Morgan fingerprint density at radius 1 is 0.364 bits per heavy atom. The van der Waals surface area contributed by atoms with Crippen LogP contribution >= 0.6 is 0 Å². The van der Waals surface area contributed by atoms with Crippen molar-refractivity contribution in [3.63, 3.8) is 0 Å². The fourth-order valence-electron chi connectivity index (χ4n) is 11.4. The van der Waals surface area contributed by atoms with Gasteiger partial charge < -0.3 is 9.80 Å². The molecule has 0 heterocycles. The Balaban J connectivity index is 1.16. The maximum Gasteiger partial charge on any atom is 0.293 e. The zero-order valence-electron chi connectivity index (χ0n) is 36.7. The summed E-state index contributed by atoms with van der Waals surface area (Å²) in [5, 5.41) is 31.8. The van der Waals surface area contributed by atoms with Gasteiger partial charge in [-0.2, -0.15) is 0 Å². The van der Waals surface area contributed by atoms with Crippen LogP contribution in [-0.2, 0) is 10.8 Å². The van der Waals surface area contributed by atoms with Gasteiger partial charge in [0.2, 0.25) is 0 Å². The molecule has 0 saturated carbocycles. The van der Waals surface area contributed by atoms with E-state index in [-0.39, 0.29) is 32.1 Å². The lowest BCUT2D eigenvalue weighted by Gasteiger charge is -2.31. The molecule has 2 aliphatic rings. The van der Waals surface area contributed by atoms with Crippen LogP contribution in [0.2, 0.25) is 0 Å². The Hall–Kier alpha value is -8.36. The summed E-state index contributed by atoms with van der Waals surface area (Å²) in [5.41, 5.74) is 12.6. The van der Waals surface area contributed by atoms with Crippen LogP contribution in [0.15, 0.2) is 182 Å². The van der Waals surface area contributed by atoms with Crippen LogP contribution in [0.3, 0.4) is 0 Å². The number of nitrogens with zero attached hydrogens (tertiary/aromatic N) is 4. The molecule has 318 valence electrons. The maximum absolute atomic E-state index is 13.0. The minimum absolute atomic E-state index is 0.00568. The van der Waals surface area contributed by atoms with E-state index in [2.05, 4.69) is 171 Å². The van der Waals surface area contributed by atoms with Crippen molar-refractivity contribution in [2.75, 3.05) is 9.80 Å². The number of hydrogen-bond donors (Lipinski definition) is 0. The number of hydrogen-bond acceptors (Lipinski definition) is 6. The Bertz CT molecular complexity index is 3460. The van der Waals surface area contributed by atoms with Gasteiger partial charge in [-0.1, -0.05) is 161 Å². The van der Waals surface area contributed by atoms with Gasteiger partial charge in [-0.3, -0.25) is 20.2 Å². The van der Waals surface area contributed by atoms with Crippen molar-refractivity contribution in [3.8, 4) is 22.3 Å². The highest BCUT2D eigenvalue weighted by molar-refractivity contribution is 6.28. The summed E-state index contributed by atoms with van der Waals surface area (Å²) >= 11 is 0. The molecule has 8 nitrogen and oxygen atoms in total. The third kappa shape index (κ3) is 5.38. The standard InChI is InChI=1S/C58H42N4O4/c1-57(2)41-17-7-5-15-37(41)55-43(57)19-13-25-51(55)59(47-21-9-11-23-49(47)61(63)64)45-33-29-35-28-32-40-46(34-30-36-27-31-39(45)53(35)54(36)40)60(48-22-10-12-24-50(48)62(65)66)52-26-14-20-44-56(52)38-16-6-8-18-42(38)58(44,3)4/h5-34H,1-4H3. The molecule has 0 atom stereocenters. The predicted molar refractivity (Wildman–Crippen MR) is 268 cm³/mol. The van der Waals surface area contributed by atoms with Crippen molar-refractivity contribution in [3.05, 3.63) is 224 Å². The van der Waals surface area contributed by atoms with E-state index in [4.69, 9.17) is 0 Å². The van der Waals surface area contributed by atoms with Gasteiger partial charge in [0.15, 0.2) is 0 Å². The molecule has 10 aromatic rings. The quantitative estimate of drug-likeness (QED) is 0.0858. The SMILES string of the molecule is CC1(C)c2ccccc2-c2c(N(c3ccccc3[N+](=O)[O-])c3ccc4ccc5c(N(c6ccccc6[N+](=O)[O-])c6cccc7c6-c6ccccc6C7(C)C)ccc6ccc3c4c65)cccc21. The van der Waals surface area contributed by atoms with E-state index in [1.807, 2.05) is 24.3 Å². The molecule has 2 aliphatic carbocycles. The van der Waals surface area contributed by atoms with E-state index in [0.717, 1.165) is 88.4 Å². The molecule has 0 aromatic heterocycles. The fraction of sp³-hybridized carbons (Fsp3) is 0.103. The van der Waals surface area contributed by atoms with Crippen LogP contribution in [-0.4, -0.2) is 9.85 Å². The molecule has 10 aromatic carbocycles. The number of fused-ring (bicyclic) bond motifs is 6. The minimum Gasteiger partial charge on any atom is -0.303 e. The molecular formula is C58H42N4O4. The summed E-state index contributed by atoms with van der Waals surface area (Å²) in [6.07, 6.45) is 0.